The lowest BCUT2D eigenvalue weighted by Gasteiger charge is -2.14. The normalized spacial score (nSPS) is 10.2. The molecular weight excluding hydrogens is 266 g/mol. The maximum absolute atomic E-state index is 11.5. The summed E-state index contributed by atoms with van der Waals surface area (Å²) in [6.45, 7) is 0.0632. The molecule has 1 amide bonds. The number of aliphatic hydroxyl groups is 1. The summed E-state index contributed by atoms with van der Waals surface area (Å²) in [5.41, 5.74) is 0. The monoisotopic (exact) mass is 277 g/mol. The summed E-state index contributed by atoms with van der Waals surface area (Å²) in [6.07, 6.45) is 0.915. The molecule has 0 bridgehead atoms. The van der Waals surface area contributed by atoms with Crippen LogP contribution in [0.25, 0.3) is 0 Å². The van der Waals surface area contributed by atoms with Crippen LogP contribution in [0, 0.1) is 0 Å². The molecule has 5 heteroatoms. The number of aliphatic hydroxyl groups excluding tert-OH is 1. The number of amides is 1. The van der Waals surface area contributed by atoms with Crippen LogP contribution in [0.1, 0.15) is 12.8 Å². The summed E-state index contributed by atoms with van der Waals surface area (Å²) in [6, 6.07) is 1.90. The van der Waals surface area contributed by atoms with E-state index in [-0.39, 0.29) is 12.5 Å². The predicted molar refractivity (Wildman–Crippen MR) is 61.7 cm³/mol. The molecule has 0 fully saturated rings. The van der Waals surface area contributed by atoms with E-state index in [2.05, 4.69) is 15.9 Å². The van der Waals surface area contributed by atoms with E-state index in [0.717, 1.165) is 9.47 Å². The van der Waals surface area contributed by atoms with Gasteiger partial charge in [0.1, 0.15) is 0 Å². The number of carbonyl (C=O) groups is 1. The summed E-state index contributed by atoms with van der Waals surface area (Å²) in [4.78, 5) is 13.1. The van der Waals surface area contributed by atoms with Gasteiger partial charge in [-0.05, 0) is 28.4 Å². The van der Waals surface area contributed by atoms with Crippen molar-refractivity contribution in [3.63, 3.8) is 0 Å². The quantitative estimate of drug-likeness (QED) is 0.917. The van der Waals surface area contributed by atoms with Gasteiger partial charge in [-0.2, -0.15) is 0 Å². The zero-order valence-electron chi connectivity index (χ0n) is 7.86. The van der Waals surface area contributed by atoms with E-state index < -0.39 is 0 Å². The van der Waals surface area contributed by atoms with Gasteiger partial charge in [-0.15, -0.1) is 11.3 Å². The third-order valence-electron chi connectivity index (χ3n) is 1.81. The Morgan fingerprint density at radius 2 is 2.43 bits per heavy atom. The molecule has 0 radical (unpaired) electrons. The van der Waals surface area contributed by atoms with E-state index in [9.17, 15) is 4.79 Å². The average Bonchev–Trinajstić information content (AvgIpc) is 2.60. The summed E-state index contributed by atoms with van der Waals surface area (Å²) in [5.74, 6) is 0.0356. The minimum atomic E-state index is 0.0356. The fourth-order valence-corrected chi connectivity index (χ4v) is 2.40. The molecule has 0 aliphatic heterocycles. The van der Waals surface area contributed by atoms with E-state index >= 15 is 0 Å². The predicted octanol–water partition coefficient (Wildman–Crippen LogP) is 2.25. The van der Waals surface area contributed by atoms with Gasteiger partial charge < -0.3 is 10.0 Å². The highest BCUT2D eigenvalue weighted by Crippen LogP contribution is 2.27. The van der Waals surface area contributed by atoms with Gasteiger partial charge >= 0.3 is 0 Å². The highest BCUT2D eigenvalue weighted by Gasteiger charge is 2.11. The number of hydrogen-bond donors (Lipinski definition) is 1. The van der Waals surface area contributed by atoms with Crippen LogP contribution in [0.4, 0.5) is 5.00 Å². The first-order chi connectivity index (χ1) is 6.65. The minimum Gasteiger partial charge on any atom is -0.396 e. The molecule has 0 saturated carbocycles. The van der Waals surface area contributed by atoms with Gasteiger partial charge in [0.15, 0.2) is 0 Å². The lowest BCUT2D eigenvalue weighted by Crippen LogP contribution is -2.25. The van der Waals surface area contributed by atoms with Crippen LogP contribution in [0.5, 0.6) is 0 Å². The largest absolute Gasteiger partial charge is 0.396 e. The lowest BCUT2D eigenvalue weighted by molar-refractivity contribution is -0.118. The second kappa shape index (κ2) is 5.48. The molecule has 0 saturated heterocycles. The summed E-state index contributed by atoms with van der Waals surface area (Å²) in [5, 5.41) is 11.4. The molecule has 14 heavy (non-hydrogen) atoms. The first-order valence-electron chi connectivity index (χ1n) is 4.26. The summed E-state index contributed by atoms with van der Waals surface area (Å²) in [7, 11) is 1.75. The number of nitrogens with zero attached hydrogens (tertiary/aromatic N) is 1. The molecule has 1 aromatic heterocycles. The van der Waals surface area contributed by atoms with E-state index in [4.69, 9.17) is 5.11 Å². The SMILES string of the molecule is CN(C(=O)CCCO)c1cc(Br)cs1. The molecule has 3 nitrogen and oxygen atoms in total. The van der Waals surface area contributed by atoms with E-state index in [1.54, 1.807) is 11.9 Å². The van der Waals surface area contributed by atoms with Crippen molar-refractivity contribution in [2.24, 2.45) is 0 Å². The lowest BCUT2D eigenvalue weighted by atomic mass is 10.3. The Kier molecular flexibility index (Phi) is 4.57. The van der Waals surface area contributed by atoms with Crippen LogP contribution < -0.4 is 4.90 Å². The van der Waals surface area contributed by atoms with Gasteiger partial charge in [0, 0.05) is 29.9 Å². The van der Waals surface area contributed by atoms with Crippen molar-refractivity contribution in [2.75, 3.05) is 18.6 Å². The number of anilines is 1. The van der Waals surface area contributed by atoms with Crippen LogP contribution in [-0.2, 0) is 4.79 Å². The molecule has 78 valence electrons. The first-order valence-corrected chi connectivity index (χ1v) is 5.94. The van der Waals surface area contributed by atoms with Crippen LogP contribution in [0.2, 0.25) is 0 Å². The van der Waals surface area contributed by atoms with Crippen LogP contribution in [0.15, 0.2) is 15.9 Å². The molecule has 1 aromatic rings. The summed E-state index contributed by atoms with van der Waals surface area (Å²) < 4.78 is 0.985. The topological polar surface area (TPSA) is 40.5 Å². The molecule has 0 aliphatic carbocycles. The van der Waals surface area contributed by atoms with Gasteiger partial charge in [-0.25, -0.2) is 0 Å². The highest BCUT2D eigenvalue weighted by atomic mass is 79.9. The Hall–Kier alpha value is -0.390. The zero-order valence-corrected chi connectivity index (χ0v) is 10.3. The zero-order chi connectivity index (χ0) is 10.6. The number of halogens is 1. The fraction of sp³-hybridized carbons (Fsp3) is 0.444. The van der Waals surface area contributed by atoms with Crippen LogP contribution in [0.3, 0.4) is 0 Å². The van der Waals surface area contributed by atoms with Gasteiger partial charge in [-0.3, -0.25) is 4.79 Å². The first kappa shape index (κ1) is 11.7. The Bertz CT molecular complexity index is 314. The molecule has 0 aromatic carbocycles. The van der Waals surface area contributed by atoms with Gasteiger partial charge in [0.2, 0.25) is 5.91 Å². The minimum absolute atomic E-state index is 0.0356. The molecule has 1 heterocycles. The Labute approximate surface area is 95.5 Å². The third-order valence-corrected chi connectivity index (χ3v) is 3.57. The van der Waals surface area contributed by atoms with Crippen molar-refractivity contribution in [3.05, 3.63) is 15.9 Å². The number of carbonyl (C=O) groups excluding carboxylic acids is 1. The maximum atomic E-state index is 11.5. The number of thiophene rings is 1. The van der Waals surface area contributed by atoms with E-state index in [1.807, 2.05) is 11.4 Å². The third kappa shape index (κ3) is 3.08. The van der Waals surface area contributed by atoms with Gasteiger partial charge in [0.25, 0.3) is 0 Å². The molecule has 0 unspecified atom stereocenters. The number of rotatable bonds is 4. The number of hydrogen-bond acceptors (Lipinski definition) is 3. The highest BCUT2D eigenvalue weighted by molar-refractivity contribution is 9.10. The standard InChI is InChI=1S/C9H12BrNO2S/c1-11(8(13)3-2-4-12)9-5-7(10)6-14-9/h5-6,12H,2-4H2,1H3. The van der Waals surface area contributed by atoms with Crippen molar-refractivity contribution >= 4 is 38.2 Å². The van der Waals surface area contributed by atoms with Crippen molar-refractivity contribution < 1.29 is 9.90 Å². The van der Waals surface area contributed by atoms with E-state index in [1.165, 1.54) is 11.3 Å². The van der Waals surface area contributed by atoms with Crippen molar-refractivity contribution in [1.29, 1.82) is 0 Å². The van der Waals surface area contributed by atoms with Gasteiger partial charge in [-0.1, -0.05) is 0 Å². The molecule has 0 aliphatic rings. The van der Waals surface area contributed by atoms with Gasteiger partial charge in [0.05, 0.1) is 5.00 Å². The smallest absolute Gasteiger partial charge is 0.227 e. The van der Waals surface area contributed by atoms with Crippen LogP contribution >= 0.6 is 27.3 Å². The summed E-state index contributed by atoms with van der Waals surface area (Å²) >= 11 is 4.85. The van der Waals surface area contributed by atoms with Crippen molar-refractivity contribution in [2.45, 2.75) is 12.8 Å². The fourth-order valence-electron chi connectivity index (χ4n) is 0.999. The molecule has 0 spiro atoms. The average molecular weight is 278 g/mol. The Morgan fingerprint density at radius 1 is 1.71 bits per heavy atom. The molecule has 1 N–H and O–H groups in total. The van der Waals surface area contributed by atoms with E-state index in [0.29, 0.717) is 12.8 Å². The van der Waals surface area contributed by atoms with Crippen LogP contribution in [-0.4, -0.2) is 24.7 Å². The molecular formula is C9H12BrNO2S. The van der Waals surface area contributed by atoms with Crippen molar-refractivity contribution in [1.82, 2.24) is 0 Å². The second-order valence-corrected chi connectivity index (χ2v) is 4.69. The second-order valence-electron chi connectivity index (χ2n) is 2.88. The van der Waals surface area contributed by atoms with Crippen molar-refractivity contribution in [3.8, 4) is 0 Å². The Balaban J connectivity index is 2.56. The molecule has 0 atom stereocenters. The molecule has 1 rings (SSSR count). The Morgan fingerprint density at radius 3 is 2.93 bits per heavy atom. The maximum Gasteiger partial charge on any atom is 0.227 e.